The number of benzene rings is 2. The standard InChI is InChI=1S/C16H16N2O3S/c1-22(20,21)18-16(12-6-3-2-4-7-12)11-15(17-18)13-8-5-9-14(19)10-13/h2-10,16,19H,11H2,1H3. The number of nitrogens with zero attached hydrogens (tertiary/aromatic N) is 2. The molecule has 0 spiro atoms. The van der Waals surface area contributed by atoms with Crippen LogP contribution >= 0.6 is 0 Å². The average molecular weight is 316 g/mol. The van der Waals surface area contributed by atoms with Gasteiger partial charge in [-0.1, -0.05) is 42.5 Å². The Balaban J connectivity index is 2.02. The molecule has 114 valence electrons. The van der Waals surface area contributed by atoms with E-state index in [1.165, 1.54) is 0 Å². The highest BCUT2D eigenvalue weighted by Crippen LogP contribution is 2.34. The van der Waals surface area contributed by atoms with Crippen molar-refractivity contribution in [3.05, 3.63) is 65.7 Å². The summed E-state index contributed by atoms with van der Waals surface area (Å²) >= 11 is 0. The van der Waals surface area contributed by atoms with Crippen LogP contribution in [0.1, 0.15) is 23.6 Å². The van der Waals surface area contributed by atoms with Gasteiger partial charge >= 0.3 is 0 Å². The van der Waals surface area contributed by atoms with Crippen molar-refractivity contribution in [1.82, 2.24) is 4.41 Å². The number of rotatable bonds is 3. The van der Waals surface area contributed by atoms with Crippen molar-refractivity contribution < 1.29 is 13.5 Å². The summed E-state index contributed by atoms with van der Waals surface area (Å²) in [5.41, 5.74) is 2.27. The SMILES string of the molecule is CS(=O)(=O)N1N=C(c2cccc(O)c2)CC1c1ccccc1. The summed E-state index contributed by atoms with van der Waals surface area (Å²) in [4.78, 5) is 0. The van der Waals surface area contributed by atoms with Crippen molar-refractivity contribution in [2.75, 3.05) is 6.26 Å². The number of phenolic OH excluding ortho intramolecular Hbond substituents is 1. The summed E-state index contributed by atoms with van der Waals surface area (Å²) in [7, 11) is -3.47. The molecule has 2 aromatic carbocycles. The Morgan fingerprint density at radius 3 is 2.50 bits per heavy atom. The molecule has 1 N–H and O–H groups in total. The third-order valence-electron chi connectivity index (χ3n) is 3.58. The van der Waals surface area contributed by atoms with Gasteiger partial charge in [0.25, 0.3) is 0 Å². The lowest BCUT2D eigenvalue weighted by Gasteiger charge is -2.21. The maximum atomic E-state index is 12.0. The molecular weight excluding hydrogens is 300 g/mol. The average Bonchev–Trinajstić information content (AvgIpc) is 2.93. The quantitative estimate of drug-likeness (QED) is 0.946. The van der Waals surface area contributed by atoms with E-state index in [0.717, 1.165) is 21.8 Å². The van der Waals surface area contributed by atoms with Gasteiger partial charge in [0.15, 0.2) is 0 Å². The van der Waals surface area contributed by atoms with Crippen molar-refractivity contribution in [1.29, 1.82) is 0 Å². The van der Waals surface area contributed by atoms with E-state index in [-0.39, 0.29) is 11.8 Å². The second-order valence-corrected chi connectivity index (χ2v) is 7.10. The monoisotopic (exact) mass is 316 g/mol. The maximum Gasteiger partial charge on any atom is 0.247 e. The number of hydrogen-bond acceptors (Lipinski definition) is 4. The van der Waals surface area contributed by atoms with Gasteiger partial charge in [0.05, 0.1) is 18.0 Å². The van der Waals surface area contributed by atoms with Gasteiger partial charge in [0, 0.05) is 12.0 Å². The number of hydrazone groups is 1. The molecule has 0 bridgehead atoms. The van der Waals surface area contributed by atoms with Crippen LogP contribution in [0.4, 0.5) is 0 Å². The molecular formula is C16H16N2O3S. The van der Waals surface area contributed by atoms with Gasteiger partial charge in [-0.25, -0.2) is 8.42 Å². The first-order chi connectivity index (χ1) is 10.4. The molecule has 0 aromatic heterocycles. The fourth-order valence-corrected chi connectivity index (χ4v) is 3.48. The molecule has 1 heterocycles. The third-order valence-corrected chi connectivity index (χ3v) is 4.59. The molecule has 0 saturated heterocycles. The largest absolute Gasteiger partial charge is 0.508 e. The highest BCUT2D eigenvalue weighted by molar-refractivity contribution is 7.88. The van der Waals surface area contributed by atoms with E-state index in [0.29, 0.717) is 12.1 Å². The van der Waals surface area contributed by atoms with Crippen LogP contribution in [0, 0.1) is 0 Å². The Labute approximate surface area is 129 Å². The zero-order valence-corrected chi connectivity index (χ0v) is 12.9. The molecule has 1 aliphatic heterocycles. The molecule has 2 aromatic rings. The number of aromatic hydroxyl groups is 1. The van der Waals surface area contributed by atoms with Gasteiger partial charge < -0.3 is 5.11 Å². The van der Waals surface area contributed by atoms with Crippen molar-refractivity contribution in [2.24, 2.45) is 5.10 Å². The molecule has 1 atom stereocenters. The van der Waals surface area contributed by atoms with Crippen LogP contribution in [-0.4, -0.2) is 29.9 Å². The van der Waals surface area contributed by atoms with Crippen LogP contribution in [-0.2, 0) is 10.0 Å². The number of phenols is 1. The summed E-state index contributed by atoms with van der Waals surface area (Å²) in [6.07, 6.45) is 1.62. The van der Waals surface area contributed by atoms with Crippen molar-refractivity contribution in [3.8, 4) is 5.75 Å². The topological polar surface area (TPSA) is 70.0 Å². The molecule has 0 fully saturated rings. The van der Waals surface area contributed by atoms with E-state index in [1.807, 2.05) is 36.4 Å². The maximum absolute atomic E-state index is 12.0. The lowest BCUT2D eigenvalue weighted by atomic mass is 9.99. The molecule has 0 amide bonds. The van der Waals surface area contributed by atoms with E-state index < -0.39 is 10.0 Å². The van der Waals surface area contributed by atoms with Gasteiger partial charge in [-0.3, -0.25) is 0 Å². The summed E-state index contributed by atoms with van der Waals surface area (Å²) < 4.78 is 25.2. The van der Waals surface area contributed by atoms with E-state index in [2.05, 4.69) is 5.10 Å². The predicted octanol–water partition coefficient (Wildman–Crippen LogP) is 2.50. The zero-order chi connectivity index (χ0) is 15.7. The Morgan fingerprint density at radius 2 is 1.86 bits per heavy atom. The zero-order valence-electron chi connectivity index (χ0n) is 12.0. The van der Waals surface area contributed by atoms with E-state index in [4.69, 9.17) is 0 Å². The molecule has 5 nitrogen and oxygen atoms in total. The fraction of sp³-hybridized carbons (Fsp3) is 0.188. The van der Waals surface area contributed by atoms with E-state index >= 15 is 0 Å². The number of hydrogen-bond donors (Lipinski definition) is 1. The minimum Gasteiger partial charge on any atom is -0.508 e. The first-order valence-electron chi connectivity index (χ1n) is 6.86. The smallest absolute Gasteiger partial charge is 0.247 e. The summed E-state index contributed by atoms with van der Waals surface area (Å²) in [6, 6.07) is 15.8. The molecule has 1 unspecified atom stereocenters. The summed E-state index contributed by atoms with van der Waals surface area (Å²) in [5.74, 6) is 0.134. The molecule has 0 aliphatic carbocycles. The van der Waals surface area contributed by atoms with Gasteiger partial charge in [0.2, 0.25) is 10.0 Å². The molecule has 1 aliphatic rings. The lowest BCUT2D eigenvalue weighted by Crippen LogP contribution is -2.25. The Hall–Kier alpha value is -2.34. The minimum atomic E-state index is -3.47. The molecule has 22 heavy (non-hydrogen) atoms. The van der Waals surface area contributed by atoms with Crippen LogP contribution in [0.25, 0.3) is 0 Å². The van der Waals surface area contributed by atoms with Crippen LogP contribution in [0.3, 0.4) is 0 Å². The second-order valence-electron chi connectivity index (χ2n) is 5.26. The van der Waals surface area contributed by atoms with Gasteiger partial charge in [-0.05, 0) is 17.7 Å². The van der Waals surface area contributed by atoms with Crippen LogP contribution in [0.15, 0.2) is 59.7 Å². The van der Waals surface area contributed by atoms with Crippen molar-refractivity contribution >= 4 is 15.7 Å². The minimum absolute atomic E-state index is 0.134. The fourth-order valence-electron chi connectivity index (χ4n) is 2.58. The van der Waals surface area contributed by atoms with E-state index in [1.54, 1.807) is 18.2 Å². The van der Waals surface area contributed by atoms with Gasteiger partial charge in [-0.15, -0.1) is 0 Å². The van der Waals surface area contributed by atoms with Crippen LogP contribution in [0.2, 0.25) is 0 Å². The number of sulfonamides is 1. The van der Waals surface area contributed by atoms with Crippen LogP contribution in [0.5, 0.6) is 5.75 Å². The Kier molecular flexibility index (Phi) is 3.62. The molecule has 6 heteroatoms. The summed E-state index contributed by atoms with van der Waals surface area (Å²) in [5, 5.41) is 13.9. The van der Waals surface area contributed by atoms with Gasteiger partial charge in [0.1, 0.15) is 5.75 Å². The summed E-state index contributed by atoms with van der Waals surface area (Å²) in [6.45, 7) is 0. The Bertz CT molecular complexity index is 816. The highest BCUT2D eigenvalue weighted by atomic mass is 32.2. The molecule has 0 radical (unpaired) electrons. The second kappa shape index (κ2) is 5.46. The first-order valence-corrected chi connectivity index (χ1v) is 8.71. The first kappa shape index (κ1) is 14.6. The predicted molar refractivity (Wildman–Crippen MR) is 85.1 cm³/mol. The highest BCUT2D eigenvalue weighted by Gasteiger charge is 2.34. The van der Waals surface area contributed by atoms with Gasteiger partial charge in [-0.2, -0.15) is 9.52 Å². The van der Waals surface area contributed by atoms with Crippen molar-refractivity contribution in [3.63, 3.8) is 0 Å². The normalized spacial score (nSPS) is 18.3. The lowest BCUT2D eigenvalue weighted by molar-refractivity contribution is 0.375. The van der Waals surface area contributed by atoms with Crippen LogP contribution < -0.4 is 0 Å². The molecule has 3 rings (SSSR count). The molecule has 0 saturated carbocycles. The van der Waals surface area contributed by atoms with Crippen molar-refractivity contribution in [2.45, 2.75) is 12.5 Å². The third kappa shape index (κ3) is 2.82. The van der Waals surface area contributed by atoms with E-state index in [9.17, 15) is 13.5 Å². The Morgan fingerprint density at radius 1 is 1.14 bits per heavy atom.